The van der Waals surface area contributed by atoms with Crippen molar-refractivity contribution in [2.75, 3.05) is 6.54 Å². The molecule has 0 spiro atoms. The molecule has 17 heavy (non-hydrogen) atoms. The van der Waals surface area contributed by atoms with Crippen molar-refractivity contribution in [3.05, 3.63) is 71.8 Å². The van der Waals surface area contributed by atoms with E-state index in [2.05, 4.69) is 54.6 Å². The lowest BCUT2D eigenvalue weighted by Crippen LogP contribution is -2.13. The molecule has 0 radical (unpaired) electrons. The van der Waals surface area contributed by atoms with Crippen molar-refractivity contribution in [2.24, 2.45) is 5.73 Å². The van der Waals surface area contributed by atoms with Gasteiger partial charge in [-0.15, -0.1) is 0 Å². The maximum atomic E-state index is 5.87. The van der Waals surface area contributed by atoms with Gasteiger partial charge in [0.25, 0.3) is 0 Å². The highest BCUT2D eigenvalue weighted by molar-refractivity contribution is 5.21. The van der Waals surface area contributed by atoms with Gasteiger partial charge >= 0.3 is 0 Å². The molecule has 0 unspecified atom stereocenters. The minimum atomic E-state index is 0.469. The quantitative estimate of drug-likeness (QED) is 0.829. The molecule has 1 heteroatoms. The Morgan fingerprint density at radius 1 is 0.824 bits per heavy atom. The summed E-state index contributed by atoms with van der Waals surface area (Å²) in [6.45, 7) is 0.719. The number of rotatable bonds is 5. The summed E-state index contributed by atoms with van der Waals surface area (Å²) in [6.07, 6.45) is 2.21. The summed E-state index contributed by atoms with van der Waals surface area (Å²) in [4.78, 5) is 0. The molecule has 2 aromatic carbocycles. The summed E-state index contributed by atoms with van der Waals surface area (Å²) < 4.78 is 0. The van der Waals surface area contributed by atoms with Crippen LogP contribution in [0.25, 0.3) is 0 Å². The molecule has 1 atom stereocenters. The van der Waals surface area contributed by atoms with E-state index in [0.717, 1.165) is 19.4 Å². The van der Waals surface area contributed by atoms with Crippen LogP contribution in [-0.2, 0) is 6.42 Å². The third-order valence-electron chi connectivity index (χ3n) is 3.18. The normalized spacial score (nSPS) is 12.3. The van der Waals surface area contributed by atoms with Crippen LogP contribution < -0.4 is 5.73 Å². The average Bonchev–Trinajstić information content (AvgIpc) is 2.42. The van der Waals surface area contributed by atoms with Crippen LogP contribution in [-0.4, -0.2) is 6.54 Å². The van der Waals surface area contributed by atoms with Crippen molar-refractivity contribution >= 4 is 0 Å². The summed E-state index contributed by atoms with van der Waals surface area (Å²) >= 11 is 0. The second-order valence-electron chi connectivity index (χ2n) is 4.37. The Morgan fingerprint density at radius 3 is 2.00 bits per heavy atom. The Labute approximate surface area is 103 Å². The summed E-state index contributed by atoms with van der Waals surface area (Å²) in [5, 5.41) is 0. The molecule has 0 amide bonds. The zero-order chi connectivity index (χ0) is 11.9. The molecule has 2 aromatic rings. The molecule has 0 saturated carbocycles. The Bertz CT molecular complexity index is 422. The van der Waals surface area contributed by atoms with Crippen LogP contribution in [0.1, 0.15) is 23.5 Å². The molecular weight excluding hydrogens is 206 g/mol. The minimum Gasteiger partial charge on any atom is -0.330 e. The van der Waals surface area contributed by atoms with Crippen LogP contribution in [0, 0.1) is 0 Å². The molecule has 0 bridgehead atoms. The summed E-state index contributed by atoms with van der Waals surface area (Å²) in [6, 6.07) is 21.2. The number of aryl methyl sites for hydroxylation is 1. The monoisotopic (exact) mass is 225 g/mol. The van der Waals surface area contributed by atoms with Crippen LogP contribution in [0.5, 0.6) is 0 Å². The lowest BCUT2D eigenvalue weighted by Gasteiger charge is -2.15. The fourth-order valence-electron chi connectivity index (χ4n) is 2.13. The first-order chi connectivity index (χ1) is 8.40. The fraction of sp³-hybridized carbons (Fsp3) is 0.250. The molecule has 0 heterocycles. The van der Waals surface area contributed by atoms with E-state index in [1.165, 1.54) is 11.1 Å². The highest BCUT2D eigenvalue weighted by Gasteiger charge is 2.08. The second-order valence-corrected chi connectivity index (χ2v) is 4.37. The molecule has 0 saturated heterocycles. The smallest absolute Gasteiger partial charge is 0.000812 e. The van der Waals surface area contributed by atoms with Gasteiger partial charge in [0.1, 0.15) is 0 Å². The van der Waals surface area contributed by atoms with Gasteiger partial charge in [-0.25, -0.2) is 0 Å². The zero-order valence-electron chi connectivity index (χ0n) is 10.0. The van der Waals surface area contributed by atoms with Gasteiger partial charge in [0.2, 0.25) is 0 Å². The van der Waals surface area contributed by atoms with E-state index in [0.29, 0.717) is 5.92 Å². The number of nitrogens with two attached hydrogens (primary N) is 1. The van der Waals surface area contributed by atoms with Crippen LogP contribution in [0.3, 0.4) is 0 Å². The van der Waals surface area contributed by atoms with Gasteiger partial charge in [-0.2, -0.15) is 0 Å². The SMILES string of the molecule is NC[C@H](CCc1ccccc1)c1ccccc1. The maximum Gasteiger partial charge on any atom is -0.000812 e. The predicted molar refractivity (Wildman–Crippen MR) is 73.0 cm³/mol. The highest BCUT2D eigenvalue weighted by Crippen LogP contribution is 2.20. The van der Waals surface area contributed by atoms with Gasteiger partial charge in [0.15, 0.2) is 0 Å². The summed E-state index contributed by atoms with van der Waals surface area (Å²) in [5.41, 5.74) is 8.61. The molecule has 2 N–H and O–H groups in total. The maximum absolute atomic E-state index is 5.87. The van der Waals surface area contributed by atoms with Gasteiger partial charge < -0.3 is 5.73 Å². The molecule has 2 rings (SSSR count). The first-order valence-electron chi connectivity index (χ1n) is 6.19. The number of hydrogen-bond donors (Lipinski definition) is 1. The lowest BCUT2D eigenvalue weighted by atomic mass is 9.92. The van der Waals surface area contributed by atoms with Gasteiger partial charge in [-0.3, -0.25) is 0 Å². The van der Waals surface area contributed by atoms with Gasteiger partial charge in [-0.1, -0.05) is 60.7 Å². The standard InChI is InChI=1S/C16H19N/c17-13-16(15-9-5-2-6-10-15)12-11-14-7-3-1-4-8-14/h1-10,16H,11-13,17H2/t16-/m0/s1. The van der Waals surface area contributed by atoms with Crippen LogP contribution in [0.15, 0.2) is 60.7 Å². The van der Waals surface area contributed by atoms with Crippen molar-refractivity contribution in [2.45, 2.75) is 18.8 Å². The van der Waals surface area contributed by atoms with E-state index >= 15 is 0 Å². The summed E-state index contributed by atoms with van der Waals surface area (Å²) in [7, 11) is 0. The topological polar surface area (TPSA) is 26.0 Å². The zero-order valence-corrected chi connectivity index (χ0v) is 10.0. The van der Waals surface area contributed by atoms with Crippen LogP contribution in [0.4, 0.5) is 0 Å². The Morgan fingerprint density at radius 2 is 1.41 bits per heavy atom. The molecule has 0 aromatic heterocycles. The second kappa shape index (κ2) is 6.21. The van der Waals surface area contributed by atoms with Crippen LogP contribution in [0.2, 0.25) is 0 Å². The van der Waals surface area contributed by atoms with Crippen molar-refractivity contribution in [3.63, 3.8) is 0 Å². The van der Waals surface area contributed by atoms with E-state index in [4.69, 9.17) is 5.73 Å². The molecule has 88 valence electrons. The minimum absolute atomic E-state index is 0.469. The molecule has 0 aliphatic rings. The number of hydrogen-bond acceptors (Lipinski definition) is 1. The summed E-state index contributed by atoms with van der Waals surface area (Å²) in [5.74, 6) is 0.469. The van der Waals surface area contributed by atoms with E-state index in [-0.39, 0.29) is 0 Å². The van der Waals surface area contributed by atoms with Crippen molar-refractivity contribution in [1.29, 1.82) is 0 Å². The average molecular weight is 225 g/mol. The van der Waals surface area contributed by atoms with Gasteiger partial charge in [0, 0.05) is 0 Å². The molecule has 1 nitrogen and oxygen atoms in total. The Kier molecular flexibility index (Phi) is 4.34. The van der Waals surface area contributed by atoms with E-state index < -0.39 is 0 Å². The first-order valence-corrected chi connectivity index (χ1v) is 6.19. The third kappa shape index (κ3) is 3.43. The van der Waals surface area contributed by atoms with Gasteiger partial charge in [-0.05, 0) is 36.4 Å². The molecule has 0 aliphatic carbocycles. The van der Waals surface area contributed by atoms with Crippen molar-refractivity contribution < 1.29 is 0 Å². The predicted octanol–water partition coefficient (Wildman–Crippen LogP) is 3.36. The van der Waals surface area contributed by atoms with Crippen molar-refractivity contribution in [3.8, 4) is 0 Å². The highest BCUT2D eigenvalue weighted by atomic mass is 14.5. The van der Waals surface area contributed by atoms with Crippen LogP contribution >= 0.6 is 0 Å². The fourth-order valence-corrected chi connectivity index (χ4v) is 2.13. The number of benzene rings is 2. The largest absolute Gasteiger partial charge is 0.330 e. The Hall–Kier alpha value is -1.60. The van der Waals surface area contributed by atoms with Crippen molar-refractivity contribution in [1.82, 2.24) is 0 Å². The van der Waals surface area contributed by atoms with E-state index in [1.807, 2.05) is 6.07 Å². The molecule has 0 aliphatic heterocycles. The third-order valence-corrected chi connectivity index (χ3v) is 3.18. The molecule has 0 fully saturated rings. The van der Waals surface area contributed by atoms with E-state index in [9.17, 15) is 0 Å². The lowest BCUT2D eigenvalue weighted by molar-refractivity contribution is 0.634. The Balaban J connectivity index is 1.97. The van der Waals surface area contributed by atoms with E-state index in [1.54, 1.807) is 0 Å². The first kappa shape index (κ1) is 11.9. The van der Waals surface area contributed by atoms with Gasteiger partial charge in [0.05, 0.1) is 0 Å². The molecular formula is C16H19N.